The molecule has 7 heteroatoms. The number of likely N-dealkylation sites (tertiary alicyclic amines) is 1. The second-order valence-electron chi connectivity index (χ2n) is 6.27. The number of hydrogen-bond donors (Lipinski definition) is 0. The Hall–Kier alpha value is -1.47. The fraction of sp³-hybridized carbons (Fsp3) is 0.625. The van der Waals surface area contributed by atoms with Crippen LogP contribution in [0, 0.1) is 0 Å². The molecule has 1 aliphatic heterocycles. The highest BCUT2D eigenvalue weighted by Gasteiger charge is 2.25. The van der Waals surface area contributed by atoms with Crippen LogP contribution in [0.2, 0.25) is 0 Å². The minimum Gasteiger partial charge on any atom is -0.339 e. The Kier molecular flexibility index (Phi) is 5.27. The topological polar surface area (TPSA) is 67.9 Å². The Bertz CT molecular complexity index is 620. The molecule has 2 aromatic rings. The van der Waals surface area contributed by atoms with Crippen LogP contribution >= 0.6 is 11.8 Å². The van der Waals surface area contributed by atoms with E-state index in [9.17, 15) is 0 Å². The number of nitrogens with zero attached hydrogens (tertiary/aromatic N) is 5. The molecule has 1 saturated heterocycles. The lowest BCUT2D eigenvalue weighted by Crippen LogP contribution is -2.32. The molecule has 23 heavy (non-hydrogen) atoms. The van der Waals surface area contributed by atoms with Crippen molar-refractivity contribution in [3.63, 3.8) is 0 Å². The average Bonchev–Trinajstić information content (AvgIpc) is 3.07. The zero-order valence-corrected chi connectivity index (χ0v) is 14.7. The Labute approximate surface area is 141 Å². The second kappa shape index (κ2) is 7.40. The first kappa shape index (κ1) is 16.4. The van der Waals surface area contributed by atoms with Crippen LogP contribution in [0.25, 0.3) is 0 Å². The molecule has 0 N–H and O–H groups in total. The van der Waals surface area contributed by atoms with Crippen LogP contribution in [0.3, 0.4) is 0 Å². The molecule has 6 nitrogen and oxygen atoms in total. The van der Waals surface area contributed by atoms with Crippen molar-refractivity contribution in [2.24, 2.45) is 0 Å². The van der Waals surface area contributed by atoms with Gasteiger partial charge >= 0.3 is 0 Å². The molecule has 3 heterocycles. The number of piperidine rings is 1. The van der Waals surface area contributed by atoms with Crippen LogP contribution in [0.5, 0.6) is 0 Å². The lowest BCUT2D eigenvalue weighted by Gasteiger charge is -2.30. The van der Waals surface area contributed by atoms with Crippen molar-refractivity contribution in [1.29, 1.82) is 0 Å². The fourth-order valence-corrected chi connectivity index (χ4v) is 3.09. The summed E-state index contributed by atoms with van der Waals surface area (Å²) in [4.78, 5) is 15.7. The first-order valence-electron chi connectivity index (χ1n) is 8.06. The molecule has 0 bridgehead atoms. The molecule has 0 unspecified atom stereocenters. The summed E-state index contributed by atoms with van der Waals surface area (Å²) in [5, 5.41) is 4.90. The second-order valence-corrected chi connectivity index (χ2v) is 7.05. The van der Waals surface area contributed by atoms with Gasteiger partial charge in [0.1, 0.15) is 0 Å². The largest absolute Gasteiger partial charge is 0.339 e. The van der Waals surface area contributed by atoms with Crippen molar-refractivity contribution >= 4 is 11.8 Å². The Balaban J connectivity index is 1.53. The molecule has 2 aromatic heterocycles. The summed E-state index contributed by atoms with van der Waals surface area (Å²) in [5.41, 5.74) is 1.17. The first-order chi connectivity index (χ1) is 11.2. The third-order valence-electron chi connectivity index (χ3n) is 4.18. The number of aromatic nitrogens is 4. The van der Waals surface area contributed by atoms with Crippen molar-refractivity contribution in [3.05, 3.63) is 29.7 Å². The summed E-state index contributed by atoms with van der Waals surface area (Å²) >= 11 is 1.57. The maximum absolute atomic E-state index is 5.44. The van der Waals surface area contributed by atoms with Gasteiger partial charge in [0.25, 0.3) is 0 Å². The highest BCUT2D eigenvalue weighted by atomic mass is 32.2. The quantitative estimate of drug-likeness (QED) is 0.615. The standard InChI is InChI=1S/C16H23N5OS/c1-11(2)14-19-15(22-20-14)13-4-6-21(7-5-13)10-12-8-17-16(23-3)18-9-12/h8-9,11,13H,4-7,10H2,1-3H3. The summed E-state index contributed by atoms with van der Waals surface area (Å²) < 4.78 is 5.44. The third kappa shape index (κ3) is 4.09. The Morgan fingerprint density at radius 1 is 1.26 bits per heavy atom. The minimum absolute atomic E-state index is 0.317. The lowest BCUT2D eigenvalue weighted by molar-refractivity contribution is 0.187. The fourth-order valence-electron chi connectivity index (χ4n) is 2.77. The van der Waals surface area contributed by atoms with E-state index >= 15 is 0 Å². The molecule has 1 fully saturated rings. The van der Waals surface area contributed by atoms with E-state index in [1.54, 1.807) is 11.8 Å². The van der Waals surface area contributed by atoms with Gasteiger partial charge in [-0.25, -0.2) is 9.97 Å². The van der Waals surface area contributed by atoms with Gasteiger partial charge in [0, 0.05) is 36.3 Å². The van der Waals surface area contributed by atoms with E-state index in [2.05, 4.69) is 38.9 Å². The summed E-state index contributed by atoms with van der Waals surface area (Å²) in [6, 6.07) is 0. The Morgan fingerprint density at radius 2 is 1.96 bits per heavy atom. The maximum atomic E-state index is 5.44. The van der Waals surface area contributed by atoms with Crippen molar-refractivity contribution in [2.45, 2.75) is 50.2 Å². The molecule has 0 atom stereocenters. The molecule has 0 saturated carbocycles. The monoisotopic (exact) mass is 333 g/mol. The van der Waals surface area contributed by atoms with Crippen molar-refractivity contribution in [2.75, 3.05) is 19.3 Å². The molecule has 3 rings (SSSR count). The first-order valence-corrected chi connectivity index (χ1v) is 9.29. The Morgan fingerprint density at radius 3 is 2.52 bits per heavy atom. The van der Waals surface area contributed by atoms with E-state index in [4.69, 9.17) is 4.52 Å². The predicted octanol–water partition coefficient (Wildman–Crippen LogP) is 3.08. The number of rotatable bonds is 5. The number of hydrogen-bond acceptors (Lipinski definition) is 7. The van der Waals surface area contributed by atoms with E-state index in [1.807, 2.05) is 18.6 Å². The van der Waals surface area contributed by atoms with Gasteiger partial charge in [-0.3, -0.25) is 4.90 Å². The lowest BCUT2D eigenvalue weighted by atomic mass is 9.96. The maximum Gasteiger partial charge on any atom is 0.229 e. The normalized spacial score (nSPS) is 17.0. The summed E-state index contributed by atoms with van der Waals surface area (Å²) in [6.07, 6.45) is 7.96. The van der Waals surface area contributed by atoms with Gasteiger partial charge in [-0.05, 0) is 32.2 Å². The van der Waals surface area contributed by atoms with E-state index in [-0.39, 0.29) is 0 Å². The zero-order chi connectivity index (χ0) is 16.2. The molecular formula is C16H23N5OS. The van der Waals surface area contributed by atoms with Gasteiger partial charge in [-0.1, -0.05) is 30.8 Å². The van der Waals surface area contributed by atoms with Crippen LogP contribution < -0.4 is 0 Å². The minimum atomic E-state index is 0.317. The van der Waals surface area contributed by atoms with Crippen LogP contribution in [-0.4, -0.2) is 44.4 Å². The molecule has 1 aliphatic rings. The van der Waals surface area contributed by atoms with Crippen molar-refractivity contribution < 1.29 is 4.52 Å². The average molecular weight is 333 g/mol. The van der Waals surface area contributed by atoms with Crippen LogP contribution in [0.4, 0.5) is 0 Å². The zero-order valence-electron chi connectivity index (χ0n) is 13.9. The molecule has 0 aliphatic carbocycles. The smallest absolute Gasteiger partial charge is 0.229 e. The van der Waals surface area contributed by atoms with E-state index in [1.165, 1.54) is 5.56 Å². The molecular weight excluding hydrogens is 310 g/mol. The van der Waals surface area contributed by atoms with Gasteiger partial charge in [-0.2, -0.15) is 4.98 Å². The van der Waals surface area contributed by atoms with E-state index < -0.39 is 0 Å². The van der Waals surface area contributed by atoms with Crippen LogP contribution in [-0.2, 0) is 6.54 Å². The summed E-state index contributed by atoms with van der Waals surface area (Å²) in [5.74, 6) is 2.33. The van der Waals surface area contributed by atoms with E-state index in [0.717, 1.165) is 49.3 Å². The van der Waals surface area contributed by atoms with Crippen LogP contribution in [0.15, 0.2) is 22.1 Å². The molecule has 0 amide bonds. The molecule has 124 valence electrons. The molecule has 0 radical (unpaired) electrons. The van der Waals surface area contributed by atoms with Gasteiger partial charge in [0.05, 0.1) is 0 Å². The van der Waals surface area contributed by atoms with Crippen LogP contribution in [0.1, 0.15) is 55.8 Å². The van der Waals surface area contributed by atoms with E-state index in [0.29, 0.717) is 11.8 Å². The molecule has 0 aromatic carbocycles. The summed E-state index contributed by atoms with van der Waals surface area (Å²) in [6.45, 7) is 7.15. The van der Waals surface area contributed by atoms with Gasteiger partial charge in [0.2, 0.25) is 5.89 Å². The highest BCUT2D eigenvalue weighted by molar-refractivity contribution is 7.98. The SMILES string of the molecule is CSc1ncc(CN2CCC(c3nc(C(C)C)no3)CC2)cn1. The predicted molar refractivity (Wildman–Crippen MR) is 89.5 cm³/mol. The van der Waals surface area contributed by atoms with Crippen molar-refractivity contribution in [1.82, 2.24) is 25.0 Å². The molecule has 0 spiro atoms. The summed E-state index contributed by atoms with van der Waals surface area (Å²) in [7, 11) is 0. The highest BCUT2D eigenvalue weighted by Crippen LogP contribution is 2.28. The van der Waals surface area contributed by atoms with Gasteiger partial charge in [0.15, 0.2) is 11.0 Å². The number of thioether (sulfide) groups is 1. The van der Waals surface area contributed by atoms with Crippen molar-refractivity contribution in [3.8, 4) is 0 Å². The third-order valence-corrected chi connectivity index (χ3v) is 4.76. The van der Waals surface area contributed by atoms with Gasteiger partial charge < -0.3 is 4.52 Å². The van der Waals surface area contributed by atoms with Gasteiger partial charge in [-0.15, -0.1) is 0 Å².